The number of carbonyl (C=O) groups excluding carboxylic acids is 1. The Morgan fingerprint density at radius 2 is 2.07 bits per heavy atom. The fourth-order valence-electron chi connectivity index (χ4n) is 4.52. The lowest BCUT2D eigenvalue weighted by molar-refractivity contribution is 0.0703. The normalized spacial score (nSPS) is 20.5. The van der Waals surface area contributed by atoms with Gasteiger partial charge in [0, 0.05) is 23.7 Å². The molecular weight excluding hydrogens is 354 g/mol. The molecule has 3 aromatic rings. The van der Waals surface area contributed by atoms with Crippen LogP contribution in [-0.4, -0.2) is 50.7 Å². The quantitative estimate of drug-likeness (QED) is 0.701. The van der Waals surface area contributed by atoms with Crippen LogP contribution in [0.2, 0.25) is 0 Å². The van der Waals surface area contributed by atoms with Gasteiger partial charge in [0.2, 0.25) is 0 Å². The molecule has 2 fully saturated rings. The summed E-state index contributed by atoms with van der Waals surface area (Å²) in [6, 6.07) is 14.0. The maximum atomic E-state index is 13.3. The van der Waals surface area contributed by atoms with Gasteiger partial charge in [0.15, 0.2) is 0 Å². The second-order valence-corrected chi connectivity index (χ2v) is 7.51. The number of likely N-dealkylation sites (tertiary alicyclic amines) is 1. The van der Waals surface area contributed by atoms with E-state index in [4.69, 9.17) is 4.74 Å². The summed E-state index contributed by atoms with van der Waals surface area (Å²) in [4.78, 5) is 15.4. The van der Waals surface area contributed by atoms with Crippen LogP contribution < -0.4 is 4.74 Å². The Morgan fingerprint density at radius 1 is 1.18 bits per heavy atom. The number of rotatable bonds is 4. The smallest absolute Gasteiger partial charge is 0.254 e. The van der Waals surface area contributed by atoms with Crippen molar-refractivity contribution in [3.8, 4) is 22.6 Å². The molecule has 2 heterocycles. The minimum Gasteiger partial charge on any atom is -0.496 e. The van der Waals surface area contributed by atoms with Gasteiger partial charge in [-0.1, -0.05) is 18.2 Å². The fraction of sp³-hybridized carbons (Fsp3) is 0.333. The van der Waals surface area contributed by atoms with E-state index >= 15 is 0 Å². The molecule has 1 saturated carbocycles. The Morgan fingerprint density at radius 3 is 2.79 bits per heavy atom. The molecule has 142 valence electrons. The van der Waals surface area contributed by atoms with Crippen molar-refractivity contribution in [2.45, 2.75) is 25.3 Å². The molecule has 0 unspecified atom stereocenters. The molecule has 2 atom stereocenters. The summed E-state index contributed by atoms with van der Waals surface area (Å²) in [6.45, 7) is 0.864. The van der Waals surface area contributed by atoms with E-state index in [2.05, 4.69) is 15.5 Å². The van der Waals surface area contributed by atoms with Gasteiger partial charge in [0.25, 0.3) is 5.91 Å². The summed E-state index contributed by atoms with van der Waals surface area (Å²) in [6.07, 6.45) is 5.03. The number of amides is 1. The molecule has 2 aromatic carbocycles. The third kappa shape index (κ3) is 2.83. The van der Waals surface area contributed by atoms with Crippen molar-refractivity contribution in [2.75, 3.05) is 13.7 Å². The van der Waals surface area contributed by atoms with E-state index in [1.165, 1.54) is 12.7 Å². The molecule has 2 aliphatic rings. The largest absolute Gasteiger partial charge is 0.496 e. The van der Waals surface area contributed by atoms with Crippen molar-refractivity contribution < 1.29 is 9.53 Å². The first-order valence-corrected chi connectivity index (χ1v) is 9.56. The molecule has 1 aliphatic carbocycles. The van der Waals surface area contributed by atoms with Gasteiger partial charge in [-0.15, -0.1) is 5.10 Å². The number of methoxy groups -OCH3 is 1. The Bertz CT molecular complexity index is 1020. The van der Waals surface area contributed by atoms with Crippen LogP contribution in [0, 0.1) is 5.92 Å². The molecule has 0 radical (unpaired) electrons. The van der Waals surface area contributed by atoms with E-state index in [1.807, 2.05) is 47.4 Å². The number of carbonyl (C=O) groups is 1. The molecule has 5 rings (SSSR count). The number of aromatic nitrogens is 4. The lowest BCUT2D eigenvalue weighted by atomic mass is 10.00. The highest BCUT2D eigenvalue weighted by Crippen LogP contribution is 2.39. The summed E-state index contributed by atoms with van der Waals surface area (Å²) in [5.41, 5.74) is 3.23. The highest BCUT2D eigenvalue weighted by Gasteiger charge is 2.40. The summed E-state index contributed by atoms with van der Waals surface area (Å²) in [7, 11) is 1.65. The van der Waals surface area contributed by atoms with Crippen LogP contribution in [0.15, 0.2) is 48.8 Å². The van der Waals surface area contributed by atoms with Gasteiger partial charge in [0.1, 0.15) is 12.1 Å². The highest BCUT2D eigenvalue weighted by atomic mass is 16.5. The van der Waals surface area contributed by atoms with E-state index < -0.39 is 0 Å². The fourth-order valence-corrected chi connectivity index (χ4v) is 4.52. The van der Waals surface area contributed by atoms with E-state index in [1.54, 1.807) is 11.8 Å². The second-order valence-electron chi connectivity index (χ2n) is 7.51. The van der Waals surface area contributed by atoms with Crippen LogP contribution in [-0.2, 0) is 0 Å². The van der Waals surface area contributed by atoms with Crippen molar-refractivity contribution >= 4 is 5.91 Å². The summed E-state index contributed by atoms with van der Waals surface area (Å²) < 4.78 is 7.10. The minimum atomic E-state index is 0.0817. The number of fused-ring (bicyclic) bond motifs is 2. The first kappa shape index (κ1) is 16.9. The van der Waals surface area contributed by atoms with Gasteiger partial charge in [-0.2, -0.15) is 0 Å². The number of piperidine rings is 1. The number of hydrogen-bond donors (Lipinski definition) is 0. The third-order valence-corrected chi connectivity index (χ3v) is 5.87. The van der Waals surface area contributed by atoms with Gasteiger partial charge in [-0.3, -0.25) is 4.79 Å². The SMILES string of the molecule is COc1ccccc1-c1cc(C(=O)N2C[C@H]3CC[C@@H]2C3)cc(-n2cnnn2)c1. The molecule has 1 aromatic heterocycles. The molecule has 0 spiro atoms. The summed E-state index contributed by atoms with van der Waals surface area (Å²) >= 11 is 0. The zero-order chi connectivity index (χ0) is 19.1. The lowest BCUT2D eigenvalue weighted by Crippen LogP contribution is -2.37. The second kappa shape index (κ2) is 6.74. The summed E-state index contributed by atoms with van der Waals surface area (Å²) in [5, 5.41) is 11.5. The summed E-state index contributed by atoms with van der Waals surface area (Å²) in [5.74, 6) is 1.50. The first-order chi connectivity index (χ1) is 13.7. The average molecular weight is 375 g/mol. The Balaban J connectivity index is 1.61. The standard InChI is InChI=1S/C21H21N5O2/c1-28-20-5-3-2-4-19(20)15-9-16(11-18(10-15)26-13-22-23-24-26)21(27)25-12-14-6-7-17(25)8-14/h2-5,9-11,13-14,17H,6-8,12H2,1H3/t14-,17+/m0/s1. The molecule has 1 aliphatic heterocycles. The Labute approximate surface area is 162 Å². The van der Waals surface area contributed by atoms with Crippen molar-refractivity contribution in [3.05, 3.63) is 54.4 Å². The molecule has 1 saturated heterocycles. The molecular formula is C21H21N5O2. The number of nitrogens with zero attached hydrogens (tertiary/aromatic N) is 5. The molecule has 7 heteroatoms. The van der Waals surface area contributed by atoms with E-state index in [0.29, 0.717) is 17.5 Å². The van der Waals surface area contributed by atoms with Crippen LogP contribution >= 0.6 is 0 Å². The van der Waals surface area contributed by atoms with Crippen molar-refractivity contribution in [3.63, 3.8) is 0 Å². The number of hydrogen-bond acceptors (Lipinski definition) is 5. The minimum absolute atomic E-state index is 0.0817. The number of para-hydroxylation sites is 1. The monoisotopic (exact) mass is 375 g/mol. The molecule has 0 N–H and O–H groups in total. The van der Waals surface area contributed by atoms with Crippen LogP contribution in [0.3, 0.4) is 0 Å². The third-order valence-electron chi connectivity index (χ3n) is 5.87. The maximum absolute atomic E-state index is 13.3. The van der Waals surface area contributed by atoms with Gasteiger partial charge < -0.3 is 9.64 Å². The first-order valence-electron chi connectivity index (χ1n) is 9.56. The predicted octanol–water partition coefficient (Wildman–Crippen LogP) is 2.96. The van der Waals surface area contributed by atoms with Gasteiger partial charge in [-0.05, 0) is 65.4 Å². The van der Waals surface area contributed by atoms with E-state index in [9.17, 15) is 4.79 Å². The lowest BCUT2D eigenvalue weighted by Gasteiger charge is -2.27. The van der Waals surface area contributed by atoms with Crippen molar-refractivity contribution in [1.82, 2.24) is 25.1 Å². The van der Waals surface area contributed by atoms with Crippen LogP contribution in [0.25, 0.3) is 16.8 Å². The maximum Gasteiger partial charge on any atom is 0.254 e. The zero-order valence-corrected chi connectivity index (χ0v) is 15.7. The van der Waals surface area contributed by atoms with Gasteiger partial charge in [0.05, 0.1) is 12.8 Å². The van der Waals surface area contributed by atoms with Crippen LogP contribution in [0.5, 0.6) is 5.75 Å². The zero-order valence-electron chi connectivity index (χ0n) is 15.7. The van der Waals surface area contributed by atoms with E-state index in [-0.39, 0.29) is 5.91 Å². The van der Waals surface area contributed by atoms with Gasteiger partial charge in [-0.25, -0.2) is 4.68 Å². The Hall–Kier alpha value is -3.22. The predicted molar refractivity (Wildman–Crippen MR) is 103 cm³/mol. The Kier molecular flexibility index (Phi) is 4.07. The molecule has 28 heavy (non-hydrogen) atoms. The number of benzene rings is 2. The molecule has 7 nitrogen and oxygen atoms in total. The molecule has 2 bridgehead atoms. The average Bonchev–Trinajstić information content (AvgIpc) is 3.51. The van der Waals surface area contributed by atoms with Gasteiger partial charge >= 0.3 is 0 Å². The van der Waals surface area contributed by atoms with E-state index in [0.717, 1.165) is 42.0 Å². The van der Waals surface area contributed by atoms with Crippen molar-refractivity contribution in [1.29, 1.82) is 0 Å². The van der Waals surface area contributed by atoms with Crippen LogP contribution in [0.4, 0.5) is 0 Å². The van der Waals surface area contributed by atoms with Crippen LogP contribution in [0.1, 0.15) is 29.6 Å². The van der Waals surface area contributed by atoms with Crippen molar-refractivity contribution in [2.24, 2.45) is 5.92 Å². The number of ether oxygens (including phenoxy) is 1. The number of tetrazole rings is 1. The highest BCUT2D eigenvalue weighted by molar-refractivity contribution is 5.97. The molecule has 1 amide bonds. The topological polar surface area (TPSA) is 73.1 Å².